The van der Waals surface area contributed by atoms with Crippen LogP contribution in [0.1, 0.15) is 5.56 Å². The fourth-order valence-electron chi connectivity index (χ4n) is 0.874. The van der Waals surface area contributed by atoms with Gasteiger partial charge in [-0.2, -0.15) is 9.68 Å². The van der Waals surface area contributed by atoms with Crippen LogP contribution in [0.4, 0.5) is 0 Å². The number of hydrogen-bond donors (Lipinski definition) is 0. The fourth-order valence-corrected chi connectivity index (χ4v) is 1.74. The summed E-state index contributed by atoms with van der Waals surface area (Å²) in [6.45, 7) is 0. The summed E-state index contributed by atoms with van der Waals surface area (Å²) in [4.78, 5) is 0. The zero-order chi connectivity index (χ0) is 10.8. The Bertz CT molecular complexity index is 372. The maximum absolute atomic E-state index is 8.55. The van der Waals surface area contributed by atoms with Crippen molar-refractivity contribution < 1.29 is 0 Å². The van der Waals surface area contributed by atoms with E-state index in [9.17, 15) is 0 Å². The second-order valence-corrected chi connectivity index (χ2v) is 4.43. The Kier molecular flexibility index (Phi) is 3.74. The Balaban J connectivity index is 3.17. The molecule has 0 aliphatic heterocycles. The summed E-state index contributed by atoms with van der Waals surface area (Å²) in [6, 6.07) is 6.62. The predicted octanol–water partition coefficient (Wildman–Crippen LogP) is 3.86. The monoisotopic (exact) mass is 268 g/mol. The average molecular weight is 270 g/mol. The van der Waals surface area contributed by atoms with Crippen LogP contribution >= 0.6 is 46.6 Å². The second-order valence-electron chi connectivity index (χ2n) is 2.40. The molecule has 0 spiro atoms. The molecule has 0 saturated carbocycles. The highest BCUT2D eigenvalue weighted by atomic mass is 35.5. The molecule has 1 rings (SSSR count). The zero-order valence-corrected chi connectivity index (χ0v) is 9.74. The molecule has 0 amide bonds. The molecule has 6 heteroatoms. The number of nitriles is 1. The first-order valence-electron chi connectivity index (χ1n) is 3.48. The number of halogens is 4. The summed E-state index contributed by atoms with van der Waals surface area (Å²) in [7, 11) is 0. The fraction of sp³-hybridized carbons (Fsp3) is 0.125. The quantitative estimate of drug-likeness (QED) is 0.268. The normalized spacial score (nSPS) is 10.8. The molecule has 0 aromatic heterocycles. The lowest BCUT2D eigenvalue weighted by Crippen LogP contribution is -2.25. The summed E-state index contributed by atoms with van der Waals surface area (Å²) < 4.78 is -1.06. The Hall–Kier alpha value is -0.330. The molecule has 0 atom stereocenters. The van der Waals surface area contributed by atoms with Gasteiger partial charge in [-0.15, -0.1) is 0 Å². The number of alkyl halides is 2. The SMILES string of the molecule is N#CN(Cl)C(Cl)(Cl)c1ccccc1Cl. The smallest absolute Gasteiger partial charge is 0.180 e. The van der Waals surface area contributed by atoms with E-state index in [4.69, 9.17) is 51.8 Å². The van der Waals surface area contributed by atoms with Crippen molar-refractivity contribution in [1.29, 1.82) is 5.26 Å². The molecular formula is C8H4Cl4N2. The summed E-state index contributed by atoms with van der Waals surface area (Å²) in [5.41, 5.74) is 0.363. The van der Waals surface area contributed by atoms with Crippen molar-refractivity contribution >= 4 is 46.6 Å². The first-order chi connectivity index (χ1) is 6.50. The van der Waals surface area contributed by atoms with E-state index in [1.165, 1.54) is 0 Å². The van der Waals surface area contributed by atoms with Gasteiger partial charge in [0.25, 0.3) is 0 Å². The molecule has 0 fully saturated rings. The molecule has 1 aromatic carbocycles. The van der Waals surface area contributed by atoms with Crippen molar-refractivity contribution in [3.63, 3.8) is 0 Å². The van der Waals surface area contributed by atoms with Gasteiger partial charge in [-0.05, 0) is 6.07 Å². The topological polar surface area (TPSA) is 27.0 Å². The van der Waals surface area contributed by atoms with Crippen molar-refractivity contribution in [2.75, 3.05) is 0 Å². The van der Waals surface area contributed by atoms with Gasteiger partial charge >= 0.3 is 0 Å². The Labute approximate surface area is 102 Å². The molecule has 74 valence electrons. The van der Waals surface area contributed by atoms with Gasteiger partial charge in [0.1, 0.15) is 0 Å². The number of benzene rings is 1. The number of rotatable bonds is 2. The van der Waals surface area contributed by atoms with Gasteiger partial charge in [0, 0.05) is 22.4 Å². The first kappa shape index (κ1) is 11.7. The van der Waals surface area contributed by atoms with Crippen molar-refractivity contribution in [3.8, 4) is 6.19 Å². The van der Waals surface area contributed by atoms with Crippen LogP contribution in [0.15, 0.2) is 24.3 Å². The summed E-state index contributed by atoms with van der Waals surface area (Å²) in [5.74, 6) is 0. The van der Waals surface area contributed by atoms with E-state index in [1.54, 1.807) is 30.5 Å². The highest BCUT2D eigenvalue weighted by Gasteiger charge is 2.35. The van der Waals surface area contributed by atoms with Crippen molar-refractivity contribution in [2.45, 2.75) is 4.46 Å². The van der Waals surface area contributed by atoms with E-state index in [2.05, 4.69) is 0 Å². The van der Waals surface area contributed by atoms with Gasteiger partial charge in [0.05, 0.1) is 0 Å². The highest BCUT2D eigenvalue weighted by molar-refractivity contribution is 6.50. The lowest BCUT2D eigenvalue weighted by atomic mass is 10.2. The van der Waals surface area contributed by atoms with Crippen molar-refractivity contribution in [2.24, 2.45) is 0 Å². The highest BCUT2D eigenvalue weighted by Crippen LogP contribution is 2.41. The summed E-state index contributed by atoms with van der Waals surface area (Å²) in [5, 5.41) is 8.90. The average Bonchev–Trinajstić information content (AvgIpc) is 2.17. The van der Waals surface area contributed by atoms with Crippen molar-refractivity contribution in [1.82, 2.24) is 4.42 Å². The number of nitrogens with zero attached hydrogens (tertiary/aromatic N) is 2. The zero-order valence-electron chi connectivity index (χ0n) is 6.72. The molecule has 0 radical (unpaired) electrons. The minimum Gasteiger partial charge on any atom is -0.180 e. The molecule has 1 aromatic rings. The third-order valence-electron chi connectivity index (χ3n) is 1.53. The van der Waals surface area contributed by atoms with E-state index in [-0.39, 0.29) is 0 Å². The molecule has 0 heterocycles. The summed E-state index contributed by atoms with van der Waals surface area (Å²) >= 11 is 23.1. The Morgan fingerprint density at radius 1 is 1.29 bits per heavy atom. The van der Waals surface area contributed by atoms with Crippen LogP contribution in [-0.2, 0) is 4.46 Å². The molecule has 0 aliphatic rings. The van der Waals surface area contributed by atoms with Gasteiger partial charge in [-0.1, -0.05) is 53.0 Å². The van der Waals surface area contributed by atoms with Crippen LogP contribution in [0, 0.1) is 11.5 Å². The van der Waals surface area contributed by atoms with Gasteiger partial charge < -0.3 is 0 Å². The molecule has 2 nitrogen and oxygen atoms in total. The minimum atomic E-state index is -1.66. The third-order valence-corrected chi connectivity index (χ3v) is 3.11. The maximum Gasteiger partial charge on any atom is 0.240 e. The van der Waals surface area contributed by atoms with E-state index < -0.39 is 4.46 Å². The van der Waals surface area contributed by atoms with Gasteiger partial charge in [-0.3, -0.25) is 0 Å². The van der Waals surface area contributed by atoms with Crippen LogP contribution < -0.4 is 0 Å². The lowest BCUT2D eigenvalue weighted by molar-refractivity contribution is 0.533. The molecule has 0 bridgehead atoms. The van der Waals surface area contributed by atoms with Crippen LogP contribution in [-0.4, -0.2) is 4.42 Å². The van der Waals surface area contributed by atoms with E-state index in [0.717, 1.165) is 0 Å². The Morgan fingerprint density at radius 2 is 1.86 bits per heavy atom. The third kappa shape index (κ3) is 2.18. The molecule has 14 heavy (non-hydrogen) atoms. The second kappa shape index (κ2) is 4.46. The van der Waals surface area contributed by atoms with E-state index in [0.29, 0.717) is 15.0 Å². The van der Waals surface area contributed by atoms with Crippen LogP contribution in [0.5, 0.6) is 0 Å². The number of hydrogen-bond acceptors (Lipinski definition) is 2. The van der Waals surface area contributed by atoms with Gasteiger partial charge in [0.2, 0.25) is 4.46 Å². The van der Waals surface area contributed by atoms with Crippen LogP contribution in [0.25, 0.3) is 0 Å². The lowest BCUT2D eigenvalue weighted by Gasteiger charge is -2.24. The maximum atomic E-state index is 8.55. The molecular weight excluding hydrogens is 266 g/mol. The molecule has 0 unspecified atom stereocenters. The van der Waals surface area contributed by atoms with Crippen LogP contribution in [0.2, 0.25) is 5.02 Å². The first-order valence-corrected chi connectivity index (χ1v) is 4.96. The van der Waals surface area contributed by atoms with E-state index in [1.807, 2.05) is 0 Å². The summed E-state index contributed by atoms with van der Waals surface area (Å²) in [6.07, 6.45) is 1.61. The van der Waals surface area contributed by atoms with Crippen LogP contribution in [0.3, 0.4) is 0 Å². The molecule has 0 aliphatic carbocycles. The largest absolute Gasteiger partial charge is 0.240 e. The van der Waals surface area contributed by atoms with E-state index >= 15 is 0 Å². The van der Waals surface area contributed by atoms with Crippen molar-refractivity contribution in [3.05, 3.63) is 34.9 Å². The molecule has 0 saturated heterocycles. The standard InChI is InChI=1S/C8H4Cl4N2/c9-7-4-2-1-3-6(7)8(10,11)14(12)5-13/h1-4H. The van der Waals surface area contributed by atoms with Gasteiger partial charge in [-0.25, -0.2) is 0 Å². The Morgan fingerprint density at radius 3 is 2.36 bits per heavy atom. The minimum absolute atomic E-state index is 0.346. The molecule has 0 N–H and O–H groups in total. The van der Waals surface area contributed by atoms with Gasteiger partial charge in [0.15, 0.2) is 6.19 Å². The predicted molar refractivity (Wildman–Crippen MR) is 58.1 cm³/mol.